The van der Waals surface area contributed by atoms with E-state index in [4.69, 9.17) is 10.6 Å². The van der Waals surface area contributed by atoms with Crippen LogP contribution in [0.3, 0.4) is 0 Å². The second-order valence-corrected chi connectivity index (χ2v) is 2.74. The van der Waals surface area contributed by atoms with Gasteiger partial charge in [0.25, 0.3) is 0 Å². The standard InChI is InChI=1S/C8H12N2OS/c1-2-11-6-3-4-7(10-9)8(12)5-6/h3-5,10,12H,2,9H2,1H3. The van der Waals surface area contributed by atoms with Crippen molar-refractivity contribution in [2.24, 2.45) is 5.84 Å². The fourth-order valence-corrected chi connectivity index (χ4v) is 1.16. The second-order valence-electron chi connectivity index (χ2n) is 2.26. The zero-order valence-corrected chi connectivity index (χ0v) is 7.77. The van der Waals surface area contributed by atoms with Gasteiger partial charge in [-0.3, -0.25) is 5.84 Å². The van der Waals surface area contributed by atoms with Gasteiger partial charge in [0, 0.05) is 4.90 Å². The van der Waals surface area contributed by atoms with Gasteiger partial charge in [0.15, 0.2) is 0 Å². The van der Waals surface area contributed by atoms with E-state index >= 15 is 0 Å². The van der Waals surface area contributed by atoms with E-state index in [0.29, 0.717) is 6.61 Å². The lowest BCUT2D eigenvalue weighted by Crippen LogP contribution is -2.07. The average molecular weight is 184 g/mol. The van der Waals surface area contributed by atoms with Crippen LogP contribution in [0.2, 0.25) is 0 Å². The van der Waals surface area contributed by atoms with E-state index in [2.05, 4.69) is 18.1 Å². The minimum absolute atomic E-state index is 0.655. The zero-order chi connectivity index (χ0) is 8.97. The summed E-state index contributed by atoms with van der Waals surface area (Å²) in [6, 6.07) is 5.49. The normalized spacial score (nSPS) is 9.58. The molecule has 0 saturated heterocycles. The Bertz CT molecular complexity index is 265. The molecule has 3 N–H and O–H groups in total. The molecule has 0 aliphatic heterocycles. The Morgan fingerprint density at radius 2 is 2.33 bits per heavy atom. The molecular weight excluding hydrogens is 172 g/mol. The van der Waals surface area contributed by atoms with Crippen molar-refractivity contribution in [3.63, 3.8) is 0 Å². The largest absolute Gasteiger partial charge is 0.494 e. The fraction of sp³-hybridized carbons (Fsp3) is 0.250. The number of rotatable bonds is 3. The Kier molecular flexibility index (Phi) is 3.25. The molecule has 0 atom stereocenters. The van der Waals surface area contributed by atoms with E-state index in [1.54, 1.807) is 0 Å². The maximum absolute atomic E-state index is 5.27. The first-order chi connectivity index (χ1) is 5.77. The third kappa shape index (κ3) is 2.06. The first-order valence-corrected chi connectivity index (χ1v) is 4.15. The van der Waals surface area contributed by atoms with Gasteiger partial charge in [0.2, 0.25) is 0 Å². The van der Waals surface area contributed by atoms with E-state index < -0.39 is 0 Å². The first-order valence-electron chi connectivity index (χ1n) is 3.70. The van der Waals surface area contributed by atoms with Gasteiger partial charge in [0.1, 0.15) is 5.75 Å². The number of ether oxygens (including phenoxy) is 1. The van der Waals surface area contributed by atoms with Crippen molar-refractivity contribution in [1.82, 2.24) is 0 Å². The van der Waals surface area contributed by atoms with E-state index in [-0.39, 0.29) is 0 Å². The summed E-state index contributed by atoms with van der Waals surface area (Å²) in [6.07, 6.45) is 0. The highest BCUT2D eigenvalue weighted by Gasteiger charge is 1.98. The number of hydrogen-bond acceptors (Lipinski definition) is 4. The summed E-state index contributed by atoms with van der Waals surface area (Å²) < 4.78 is 5.27. The molecule has 0 amide bonds. The van der Waals surface area contributed by atoms with Crippen LogP contribution in [0.15, 0.2) is 23.1 Å². The van der Waals surface area contributed by atoms with Gasteiger partial charge < -0.3 is 10.2 Å². The van der Waals surface area contributed by atoms with Crippen LogP contribution < -0.4 is 16.0 Å². The van der Waals surface area contributed by atoms with Gasteiger partial charge in [-0.1, -0.05) is 0 Å². The Hall–Kier alpha value is -0.870. The fourth-order valence-electron chi connectivity index (χ4n) is 0.890. The summed E-state index contributed by atoms with van der Waals surface area (Å²) in [5.41, 5.74) is 3.33. The molecule has 0 heterocycles. The van der Waals surface area contributed by atoms with Crippen molar-refractivity contribution in [2.45, 2.75) is 11.8 Å². The van der Waals surface area contributed by atoms with Crippen molar-refractivity contribution in [1.29, 1.82) is 0 Å². The number of hydrazine groups is 1. The van der Waals surface area contributed by atoms with Crippen molar-refractivity contribution in [2.75, 3.05) is 12.0 Å². The average Bonchev–Trinajstić information content (AvgIpc) is 2.05. The van der Waals surface area contributed by atoms with Gasteiger partial charge >= 0.3 is 0 Å². The van der Waals surface area contributed by atoms with E-state index in [1.165, 1.54) is 0 Å². The molecule has 12 heavy (non-hydrogen) atoms. The number of thiol groups is 1. The molecule has 0 saturated carbocycles. The molecule has 1 aromatic carbocycles. The predicted molar refractivity (Wildman–Crippen MR) is 52.7 cm³/mol. The smallest absolute Gasteiger partial charge is 0.120 e. The lowest BCUT2D eigenvalue weighted by molar-refractivity contribution is 0.339. The number of anilines is 1. The van der Waals surface area contributed by atoms with Crippen LogP contribution in [0, 0.1) is 0 Å². The quantitative estimate of drug-likeness (QED) is 0.380. The molecule has 0 aliphatic rings. The zero-order valence-electron chi connectivity index (χ0n) is 6.87. The molecule has 4 heteroatoms. The van der Waals surface area contributed by atoms with Gasteiger partial charge in [-0.15, -0.1) is 12.6 Å². The van der Waals surface area contributed by atoms with Crippen molar-refractivity contribution in [3.8, 4) is 5.75 Å². The van der Waals surface area contributed by atoms with E-state index in [1.807, 2.05) is 25.1 Å². The van der Waals surface area contributed by atoms with Crippen LogP contribution in [-0.4, -0.2) is 6.61 Å². The Morgan fingerprint density at radius 3 is 2.83 bits per heavy atom. The minimum Gasteiger partial charge on any atom is -0.494 e. The molecule has 1 aromatic rings. The third-order valence-electron chi connectivity index (χ3n) is 1.44. The predicted octanol–water partition coefficient (Wildman–Crippen LogP) is 1.66. The Labute approximate surface area is 77.3 Å². The number of nitrogen functional groups attached to an aromatic ring is 1. The van der Waals surface area contributed by atoms with Gasteiger partial charge in [-0.25, -0.2) is 0 Å². The SMILES string of the molecule is CCOc1ccc(NN)c(S)c1. The van der Waals surface area contributed by atoms with Crippen LogP contribution in [0.5, 0.6) is 5.75 Å². The summed E-state index contributed by atoms with van der Waals surface area (Å²) in [5.74, 6) is 6.04. The van der Waals surface area contributed by atoms with Gasteiger partial charge in [0.05, 0.1) is 12.3 Å². The molecule has 0 radical (unpaired) electrons. The Morgan fingerprint density at radius 1 is 1.58 bits per heavy atom. The van der Waals surface area contributed by atoms with Crippen molar-refractivity contribution >= 4 is 18.3 Å². The summed E-state index contributed by atoms with van der Waals surface area (Å²) in [6.45, 7) is 2.59. The van der Waals surface area contributed by atoms with Crippen LogP contribution in [0.4, 0.5) is 5.69 Å². The van der Waals surface area contributed by atoms with Crippen LogP contribution in [0.1, 0.15) is 6.92 Å². The van der Waals surface area contributed by atoms with Crippen LogP contribution in [0.25, 0.3) is 0 Å². The maximum atomic E-state index is 5.27. The maximum Gasteiger partial charge on any atom is 0.120 e. The van der Waals surface area contributed by atoms with Crippen LogP contribution in [-0.2, 0) is 0 Å². The molecule has 0 unspecified atom stereocenters. The molecule has 0 spiro atoms. The first kappa shape index (κ1) is 9.22. The molecule has 3 nitrogen and oxygen atoms in total. The van der Waals surface area contributed by atoms with Gasteiger partial charge in [-0.05, 0) is 25.1 Å². The highest BCUT2D eigenvalue weighted by Crippen LogP contribution is 2.24. The molecular formula is C8H12N2OS. The summed E-state index contributed by atoms with van der Waals surface area (Å²) in [4.78, 5) is 0.781. The van der Waals surface area contributed by atoms with Gasteiger partial charge in [-0.2, -0.15) is 0 Å². The van der Waals surface area contributed by atoms with E-state index in [9.17, 15) is 0 Å². The Balaban J connectivity index is 2.86. The number of nitrogens with one attached hydrogen (secondary N) is 1. The minimum atomic E-state index is 0.655. The molecule has 66 valence electrons. The number of benzene rings is 1. The highest BCUT2D eigenvalue weighted by molar-refractivity contribution is 7.80. The van der Waals surface area contributed by atoms with E-state index in [0.717, 1.165) is 16.3 Å². The molecule has 0 aromatic heterocycles. The molecule has 0 aliphatic carbocycles. The topological polar surface area (TPSA) is 47.3 Å². The summed E-state index contributed by atoms with van der Waals surface area (Å²) in [5, 5.41) is 0. The molecule has 0 fully saturated rings. The van der Waals surface area contributed by atoms with Crippen molar-refractivity contribution < 1.29 is 4.74 Å². The van der Waals surface area contributed by atoms with Crippen molar-refractivity contribution in [3.05, 3.63) is 18.2 Å². The lowest BCUT2D eigenvalue weighted by Gasteiger charge is -2.07. The summed E-state index contributed by atoms with van der Waals surface area (Å²) >= 11 is 4.22. The van der Waals surface area contributed by atoms with Crippen LogP contribution >= 0.6 is 12.6 Å². The summed E-state index contributed by atoms with van der Waals surface area (Å²) in [7, 11) is 0. The number of hydrogen-bond donors (Lipinski definition) is 3. The second kappa shape index (κ2) is 4.23. The highest BCUT2D eigenvalue weighted by atomic mass is 32.1. The third-order valence-corrected chi connectivity index (χ3v) is 1.81. The monoisotopic (exact) mass is 184 g/mol. The molecule has 0 bridgehead atoms. The molecule has 1 rings (SSSR count). The lowest BCUT2D eigenvalue weighted by atomic mass is 10.3. The number of nitrogens with two attached hydrogens (primary N) is 1.